The molecule has 1 N–H and O–H groups in total. The van der Waals surface area contributed by atoms with Gasteiger partial charge in [-0.2, -0.15) is 0 Å². The summed E-state index contributed by atoms with van der Waals surface area (Å²) in [5.41, 5.74) is 2.44. The van der Waals surface area contributed by atoms with Gasteiger partial charge in [-0.3, -0.25) is 14.5 Å². The Balaban J connectivity index is 1.67. The first kappa shape index (κ1) is 19.4. The van der Waals surface area contributed by atoms with Gasteiger partial charge >= 0.3 is 0 Å². The number of hydrogen-bond acceptors (Lipinski definition) is 3. The lowest BCUT2D eigenvalue weighted by molar-refractivity contribution is -0.116. The molecule has 0 bridgehead atoms. The van der Waals surface area contributed by atoms with Crippen molar-refractivity contribution in [3.05, 3.63) is 64.1 Å². The van der Waals surface area contributed by atoms with Crippen molar-refractivity contribution < 1.29 is 4.79 Å². The molecule has 3 rings (SSSR count). The number of carbonyl (C=O) groups is 1. The zero-order chi connectivity index (χ0) is 19.2. The van der Waals surface area contributed by atoms with Crippen molar-refractivity contribution >= 4 is 11.6 Å². The monoisotopic (exact) mass is 367 g/mol. The van der Waals surface area contributed by atoms with E-state index in [4.69, 9.17) is 0 Å². The molecule has 2 aromatic rings. The van der Waals surface area contributed by atoms with Crippen LogP contribution in [0.5, 0.6) is 0 Å². The number of nitrogens with one attached hydrogen (secondary N) is 1. The van der Waals surface area contributed by atoms with E-state index in [1.54, 1.807) is 25.3 Å². The summed E-state index contributed by atoms with van der Waals surface area (Å²) in [4.78, 5) is 27.0. The number of aromatic nitrogens is 1. The molecular formula is C22H29N3O2. The molecule has 0 spiro atoms. The molecule has 1 aliphatic carbocycles. The van der Waals surface area contributed by atoms with E-state index < -0.39 is 0 Å². The molecule has 0 radical (unpaired) electrons. The minimum absolute atomic E-state index is 0.0211. The third-order valence-electron chi connectivity index (χ3n) is 5.43. The van der Waals surface area contributed by atoms with E-state index in [0.29, 0.717) is 11.6 Å². The van der Waals surface area contributed by atoms with Crippen molar-refractivity contribution in [2.45, 2.75) is 58.2 Å². The number of para-hydroxylation sites is 1. The van der Waals surface area contributed by atoms with E-state index in [9.17, 15) is 9.59 Å². The van der Waals surface area contributed by atoms with Crippen LogP contribution in [0.4, 0.5) is 5.69 Å². The van der Waals surface area contributed by atoms with Gasteiger partial charge in [0.05, 0.1) is 0 Å². The molecule has 1 heterocycles. The first-order chi connectivity index (χ1) is 13.0. The Morgan fingerprint density at radius 2 is 1.89 bits per heavy atom. The van der Waals surface area contributed by atoms with Crippen molar-refractivity contribution in [1.82, 2.24) is 9.47 Å². The Morgan fingerprint density at radius 3 is 2.67 bits per heavy atom. The summed E-state index contributed by atoms with van der Waals surface area (Å²) in [5.74, 6) is -0.185. The Kier molecular flexibility index (Phi) is 6.45. The highest BCUT2D eigenvalue weighted by Gasteiger charge is 2.19. The van der Waals surface area contributed by atoms with Gasteiger partial charge in [-0.1, -0.05) is 43.5 Å². The zero-order valence-electron chi connectivity index (χ0n) is 16.3. The Hall–Kier alpha value is -2.40. The number of carbonyl (C=O) groups excluding carboxylic acids is 1. The molecule has 0 saturated heterocycles. The summed E-state index contributed by atoms with van der Waals surface area (Å²) >= 11 is 0. The van der Waals surface area contributed by atoms with E-state index in [0.717, 1.165) is 17.8 Å². The van der Waals surface area contributed by atoms with Gasteiger partial charge in [0.15, 0.2) is 0 Å². The molecular weight excluding hydrogens is 338 g/mol. The average molecular weight is 367 g/mol. The fourth-order valence-corrected chi connectivity index (χ4v) is 3.83. The van der Waals surface area contributed by atoms with Crippen LogP contribution in [0.3, 0.4) is 0 Å². The second-order valence-corrected chi connectivity index (χ2v) is 7.54. The molecule has 1 aliphatic rings. The summed E-state index contributed by atoms with van der Waals surface area (Å²) < 4.78 is 1.45. The molecule has 27 heavy (non-hydrogen) atoms. The minimum atomic E-state index is -0.185. The molecule has 1 aromatic heterocycles. The topological polar surface area (TPSA) is 54.3 Å². The highest BCUT2D eigenvalue weighted by molar-refractivity contribution is 5.91. The molecule has 0 atom stereocenters. The van der Waals surface area contributed by atoms with E-state index >= 15 is 0 Å². The summed E-state index contributed by atoms with van der Waals surface area (Å²) in [6, 6.07) is 12.1. The van der Waals surface area contributed by atoms with Gasteiger partial charge in [0.2, 0.25) is 5.91 Å². The number of pyridine rings is 1. The lowest BCUT2D eigenvalue weighted by Gasteiger charge is -2.31. The largest absolute Gasteiger partial charge is 0.324 e. The van der Waals surface area contributed by atoms with Crippen LogP contribution in [-0.2, 0) is 17.9 Å². The SMILES string of the molecule is Cc1cccn(CC(=O)Nc2ccccc2CN(C)C2CCCCC2)c1=O. The van der Waals surface area contributed by atoms with Gasteiger partial charge in [0.1, 0.15) is 6.54 Å². The fraction of sp³-hybridized carbons (Fsp3) is 0.455. The van der Waals surface area contributed by atoms with Crippen LogP contribution in [0.15, 0.2) is 47.4 Å². The number of amides is 1. The second kappa shape index (κ2) is 9.00. The Labute approximate surface area is 161 Å². The highest BCUT2D eigenvalue weighted by Crippen LogP contribution is 2.24. The van der Waals surface area contributed by atoms with Gasteiger partial charge in [-0.25, -0.2) is 0 Å². The second-order valence-electron chi connectivity index (χ2n) is 7.54. The van der Waals surface area contributed by atoms with Crippen LogP contribution in [0.25, 0.3) is 0 Å². The summed E-state index contributed by atoms with van der Waals surface area (Å²) in [6.45, 7) is 2.59. The smallest absolute Gasteiger partial charge is 0.253 e. The molecule has 1 fully saturated rings. The standard InChI is InChI=1S/C22H29N3O2/c1-17-9-8-14-25(22(17)27)16-21(26)23-20-13-7-6-10-18(20)15-24(2)19-11-4-3-5-12-19/h6-10,13-14,19H,3-5,11-12,15-16H2,1-2H3,(H,23,26). The Morgan fingerprint density at radius 1 is 1.15 bits per heavy atom. The molecule has 0 aliphatic heterocycles. The molecule has 5 nitrogen and oxygen atoms in total. The van der Waals surface area contributed by atoms with E-state index in [-0.39, 0.29) is 18.0 Å². The number of benzene rings is 1. The first-order valence-corrected chi connectivity index (χ1v) is 9.78. The van der Waals surface area contributed by atoms with Gasteiger partial charge in [-0.05, 0) is 44.5 Å². The van der Waals surface area contributed by atoms with Gasteiger partial charge in [-0.15, -0.1) is 0 Å². The van der Waals surface area contributed by atoms with Crippen LogP contribution in [0, 0.1) is 6.92 Å². The maximum Gasteiger partial charge on any atom is 0.253 e. The molecule has 0 unspecified atom stereocenters. The fourth-order valence-electron chi connectivity index (χ4n) is 3.83. The molecule has 144 valence electrons. The summed E-state index contributed by atoms with van der Waals surface area (Å²) in [6.07, 6.45) is 8.10. The maximum atomic E-state index is 12.5. The van der Waals surface area contributed by atoms with Gasteiger partial charge < -0.3 is 9.88 Å². The highest BCUT2D eigenvalue weighted by atomic mass is 16.2. The van der Waals surface area contributed by atoms with Gasteiger partial charge in [0, 0.05) is 30.0 Å². The first-order valence-electron chi connectivity index (χ1n) is 9.78. The lowest BCUT2D eigenvalue weighted by Crippen LogP contribution is -2.33. The molecule has 1 aromatic carbocycles. The quantitative estimate of drug-likeness (QED) is 0.849. The van der Waals surface area contributed by atoms with Crippen LogP contribution < -0.4 is 10.9 Å². The van der Waals surface area contributed by atoms with E-state index in [1.807, 2.05) is 18.2 Å². The molecule has 5 heteroatoms. The molecule has 1 amide bonds. The van der Waals surface area contributed by atoms with E-state index in [1.165, 1.54) is 36.7 Å². The number of anilines is 1. The minimum Gasteiger partial charge on any atom is -0.324 e. The number of nitrogens with zero attached hydrogens (tertiary/aromatic N) is 2. The van der Waals surface area contributed by atoms with Crippen LogP contribution in [-0.4, -0.2) is 28.5 Å². The number of aryl methyl sites for hydroxylation is 1. The normalized spacial score (nSPS) is 15.1. The average Bonchev–Trinajstić information content (AvgIpc) is 2.67. The van der Waals surface area contributed by atoms with Crippen molar-refractivity contribution in [1.29, 1.82) is 0 Å². The van der Waals surface area contributed by atoms with E-state index in [2.05, 4.69) is 23.3 Å². The Bertz CT molecular complexity index is 837. The van der Waals surface area contributed by atoms with Crippen LogP contribution in [0.2, 0.25) is 0 Å². The zero-order valence-corrected chi connectivity index (χ0v) is 16.3. The maximum absolute atomic E-state index is 12.5. The summed E-state index contributed by atoms with van der Waals surface area (Å²) in [7, 11) is 2.17. The lowest BCUT2D eigenvalue weighted by atomic mass is 9.94. The third-order valence-corrected chi connectivity index (χ3v) is 5.43. The number of hydrogen-bond donors (Lipinski definition) is 1. The molecule has 1 saturated carbocycles. The number of rotatable bonds is 6. The van der Waals surface area contributed by atoms with Crippen LogP contribution in [0.1, 0.15) is 43.2 Å². The van der Waals surface area contributed by atoms with Crippen molar-refractivity contribution in [3.8, 4) is 0 Å². The third kappa shape index (κ3) is 5.07. The van der Waals surface area contributed by atoms with Crippen molar-refractivity contribution in [2.75, 3.05) is 12.4 Å². The van der Waals surface area contributed by atoms with Gasteiger partial charge in [0.25, 0.3) is 5.56 Å². The predicted molar refractivity (Wildman–Crippen MR) is 109 cm³/mol. The van der Waals surface area contributed by atoms with Crippen molar-refractivity contribution in [2.24, 2.45) is 0 Å². The van der Waals surface area contributed by atoms with Crippen molar-refractivity contribution in [3.63, 3.8) is 0 Å². The predicted octanol–water partition coefficient (Wildman–Crippen LogP) is 3.56. The van der Waals surface area contributed by atoms with Crippen LogP contribution >= 0.6 is 0 Å². The summed E-state index contributed by atoms with van der Waals surface area (Å²) in [5, 5.41) is 2.99.